The molecule has 7 aliphatic carbocycles. The summed E-state index contributed by atoms with van der Waals surface area (Å²) in [6.07, 6.45) is 31.6. The summed E-state index contributed by atoms with van der Waals surface area (Å²) < 4.78 is 30.6. The van der Waals surface area contributed by atoms with Crippen molar-refractivity contribution in [2.24, 2.45) is 34.1 Å². The molecule has 16 nitrogen and oxygen atoms in total. The van der Waals surface area contributed by atoms with Crippen LogP contribution < -0.4 is 22.2 Å². The fraction of sp³-hybridized carbons (Fsp3) is 0.467. The van der Waals surface area contributed by atoms with Crippen molar-refractivity contribution in [1.29, 1.82) is 0 Å². The van der Waals surface area contributed by atoms with Crippen molar-refractivity contribution in [2.75, 3.05) is 13.2 Å². The second kappa shape index (κ2) is 33.6. The van der Waals surface area contributed by atoms with Crippen LogP contribution in [0.3, 0.4) is 0 Å². The molecule has 8 aliphatic rings. The van der Waals surface area contributed by atoms with E-state index < -0.39 is 0 Å². The van der Waals surface area contributed by atoms with Gasteiger partial charge in [0.25, 0.3) is 22.2 Å². The number of benzene rings is 4. The SMILES string of the molecule is Cc1cc(-c2cc3c(cc2COC2CCC2)CC(=O)CC3)cn(C)c1=O.Cc1cc(-c2ccc3c(c2CC2CCOCC2)CCC(=O)C3)cn(C)c1=O.Cc1cc(-c2ccc3c(c2COC2CCC2)CCC(=O)C3)cn(C)c1=O.Cc1cc(-c2ccc3c(c2COC2CCCC2)CCC(=O)C3)cn(C)c1=O. The molecule has 4 fully saturated rings. The number of ketones is 4. The van der Waals surface area contributed by atoms with E-state index in [1.165, 1.54) is 75.8 Å². The molecule has 1 aliphatic heterocycles. The van der Waals surface area contributed by atoms with Gasteiger partial charge in [0.2, 0.25) is 0 Å². The lowest BCUT2D eigenvalue weighted by molar-refractivity contribution is -0.119. The van der Waals surface area contributed by atoms with Gasteiger partial charge in [-0.2, -0.15) is 0 Å². The second-order valence-corrected chi connectivity index (χ2v) is 31.3. The van der Waals surface area contributed by atoms with Crippen LogP contribution in [0.5, 0.6) is 0 Å². The first kappa shape index (κ1) is 75.4. The predicted molar refractivity (Wildman–Crippen MR) is 415 cm³/mol. The van der Waals surface area contributed by atoms with Gasteiger partial charge in [-0.3, -0.25) is 38.4 Å². The van der Waals surface area contributed by atoms with Crippen LogP contribution in [0.2, 0.25) is 0 Å². The van der Waals surface area contributed by atoms with Gasteiger partial charge in [0, 0.05) is 140 Å². The smallest absolute Gasteiger partial charge is 0.253 e. The van der Waals surface area contributed by atoms with E-state index in [0.29, 0.717) is 119 Å². The first-order valence-electron chi connectivity index (χ1n) is 38.8. The van der Waals surface area contributed by atoms with Gasteiger partial charge in [-0.1, -0.05) is 61.4 Å². The highest BCUT2D eigenvalue weighted by molar-refractivity contribution is 5.87. The summed E-state index contributed by atoms with van der Waals surface area (Å²) in [4.78, 5) is 96.0. The van der Waals surface area contributed by atoms with Gasteiger partial charge in [-0.15, -0.1) is 0 Å². The van der Waals surface area contributed by atoms with Crippen LogP contribution >= 0.6 is 0 Å². The van der Waals surface area contributed by atoms with Gasteiger partial charge in [-0.05, 0) is 265 Å². The monoisotopic (exact) mass is 1430 g/mol. The van der Waals surface area contributed by atoms with Crippen molar-refractivity contribution in [3.63, 3.8) is 0 Å². The number of carbonyl (C=O) groups is 4. The number of hydrogen-bond donors (Lipinski definition) is 0. The third-order valence-electron chi connectivity index (χ3n) is 23.5. The van der Waals surface area contributed by atoms with Crippen LogP contribution in [0.25, 0.3) is 44.5 Å². The normalized spacial score (nSPS) is 17.3. The predicted octanol–water partition coefficient (Wildman–Crippen LogP) is 14.2. The number of rotatable bonds is 15. The number of aryl methyl sites for hydroxylation is 9. The first-order chi connectivity index (χ1) is 51.1. The molecule has 8 aromatic rings. The van der Waals surface area contributed by atoms with E-state index in [1.54, 1.807) is 39.4 Å². The van der Waals surface area contributed by atoms with E-state index in [1.807, 2.05) is 83.8 Å². The molecule has 3 saturated carbocycles. The largest absolute Gasteiger partial charge is 0.381 e. The summed E-state index contributed by atoms with van der Waals surface area (Å²) >= 11 is 0. The number of nitrogens with zero attached hydrogens (tertiary/aromatic N) is 4. The van der Waals surface area contributed by atoms with E-state index in [0.717, 1.165) is 180 Å². The van der Waals surface area contributed by atoms with E-state index in [9.17, 15) is 38.4 Å². The van der Waals surface area contributed by atoms with E-state index >= 15 is 0 Å². The zero-order chi connectivity index (χ0) is 74.4. The van der Waals surface area contributed by atoms with Crippen molar-refractivity contribution in [1.82, 2.24) is 18.3 Å². The van der Waals surface area contributed by atoms with Crippen LogP contribution in [-0.4, -0.2) is 72.9 Å². The van der Waals surface area contributed by atoms with Gasteiger partial charge >= 0.3 is 0 Å². The number of Topliss-reactive ketones (excluding diaryl/α,β-unsaturated/α-hetero) is 4. The van der Waals surface area contributed by atoms with Crippen molar-refractivity contribution < 1.29 is 38.1 Å². The number of hydrogen-bond acceptors (Lipinski definition) is 12. The number of fused-ring (bicyclic) bond motifs is 4. The lowest BCUT2D eigenvalue weighted by Gasteiger charge is -2.28. The lowest BCUT2D eigenvalue weighted by Crippen LogP contribution is -2.23. The molecule has 4 aromatic heterocycles. The van der Waals surface area contributed by atoms with Gasteiger partial charge in [-0.25, -0.2) is 0 Å². The van der Waals surface area contributed by atoms with Gasteiger partial charge in [0.15, 0.2) is 0 Å². The zero-order valence-electron chi connectivity index (χ0n) is 63.4. The Morgan fingerprint density at radius 3 is 1.07 bits per heavy atom. The molecule has 106 heavy (non-hydrogen) atoms. The first-order valence-corrected chi connectivity index (χ1v) is 38.8. The van der Waals surface area contributed by atoms with Crippen LogP contribution in [0.15, 0.2) is 117 Å². The fourth-order valence-corrected chi connectivity index (χ4v) is 16.9. The lowest BCUT2D eigenvalue weighted by atomic mass is 9.79. The van der Waals surface area contributed by atoms with Crippen molar-refractivity contribution in [3.8, 4) is 44.5 Å². The minimum absolute atomic E-state index is 0.0320. The summed E-state index contributed by atoms with van der Waals surface area (Å²) in [5.41, 5.74) is 26.6. The summed E-state index contributed by atoms with van der Waals surface area (Å²) in [5, 5.41) is 0. The van der Waals surface area contributed by atoms with Crippen molar-refractivity contribution >= 4 is 23.1 Å². The molecular formula is C90H104N4O12. The summed E-state index contributed by atoms with van der Waals surface area (Å²) in [6.45, 7) is 10.8. The molecule has 0 atom stereocenters. The molecule has 0 spiro atoms. The van der Waals surface area contributed by atoms with E-state index in [4.69, 9.17) is 18.9 Å². The Kier molecular flexibility index (Phi) is 23.9. The maximum atomic E-state index is 12.1. The minimum atomic E-state index is 0.0320. The minimum Gasteiger partial charge on any atom is -0.381 e. The molecule has 556 valence electrons. The molecule has 0 unspecified atom stereocenters. The summed E-state index contributed by atoms with van der Waals surface area (Å²) in [5.74, 6) is 1.90. The molecule has 0 radical (unpaired) electrons. The Bertz CT molecular complexity index is 4770. The Hall–Kier alpha value is -8.80. The highest BCUT2D eigenvalue weighted by atomic mass is 16.5. The number of pyridine rings is 4. The summed E-state index contributed by atoms with van der Waals surface area (Å²) in [6, 6.07) is 24.9. The van der Waals surface area contributed by atoms with E-state index in [-0.39, 0.29) is 22.2 Å². The highest BCUT2D eigenvalue weighted by Gasteiger charge is 2.30. The zero-order valence-corrected chi connectivity index (χ0v) is 63.4. The third-order valence-corrected chi connectivity index (χ3v) is 23.5. The number of carbonyl (C=O) groups excluding carboxylic acids is 4. The number of aromatic nitrogens is 4. The standard InChI is InChI=1S/2C23H27NO3.2C22H25NO3/c1-15-11-18(14-24(2)23(15)26)21-5-3-17-13-19(25)4-6-20(17)22(21)12-16-7-9-27-10-8-16;1-15-11-17(13-24(2)23(15)26)21-9-7-16-12-18(25)8-10-20(16)22(21)14-27-19-5-3-4-6-19;1-14-10-16(12-23(2)22(14)25)20-8-6-15-11-17(24)7-9-19(15)21(20)13-26-18-4-3-5-18;1-14-8-17(12-23(2)22(14)25)21-11-15-6-7-19(24)10-16(15)9-18(21)13-26-20-4-3-5-20/h3,5,11,14,16H,4,6-10,12-13H2,1-2H3;7,9,11,13,19H,3-6,8,10,12,14H2,1-2H3;6,8,10,12,18H,3-5,7,9,11,13H2,1-2H3;8-9,11-12,20H,3-7,10,13H2,1-2H3. The fourth-order valence-electron chi connectivity index (χ4n) is 16.9. The van der Waals surface area contributed by atoms with Gasteiger partial charge in [0.1, 0.15) is 23.1 Å². The van der Waals surface area contributed by atoms with Crippen molar-refractivity contribution in [3.05, 3.63) is 228 Å². The maximum Gasteiger partial charge on any atom is 0.253 e. The Balaban J connectivity index is 0.000000125. The molecule has 16 heteroatoms. The molecule has 16 rings (SSSR count). The molecule has 0 N–H and O–H groups in total. The molecule has 5 heterocycles. The highest BCUT2D eigenvalue weighted by Crippen LogP contribution is 2.40. The van der Waals surface area contributed by atoms with Crippen LogP contribution in [0.1, 0.15) is 192 Å². The van der Waals surface area contributed by atoms with Crippen molar-refractivity contribution in [2.45, 2.75) is 226 Å². The maximum absolute atomic E-state index is 12.1. The average Bonchev–Trinajstić information content (AvgIpc) is 0.799. The second-order valence-electron chi connectivity index (χ2n) is 31.3. The number of ether oxygens (including phenoxy) is 4. The topological polar surface area (TPSA) is 193 Å². The Morgan fingerprint density at radius 1 is 0.349 bits per heavy atom. The van der Waals surface area contributed by atoms with Crippen LogP contribution in [0, 0.1) is 33.6 Å². The molecular weight excluding hydrogens is 1330 g/mol. The Labute approximate surface area is 622 Å². The average molecular weight is 1430 g/mol. The van der Waals surface area contributed by atoms with Gasteiger partial charge < -0.3 is 37.2 Å². The van der Waals surface area contributed by atoms with Crippen LogP contribution in [-0.2, 0) is 144 Å². The van der Waals surface area contributed by atoms with Crippen LogP contribution in [0.4, 0.5) is 0 Å². The molecule has 1 saturated heterocycles. The summed E-state index contributed by atoms with van der Waals surface area (Å²) in [7, 11) is 7.19. The van der Waals surface area contributed by atoms with E-state index in [2.05, 4.69) is 48.5 Å². The molecule has 0 amide bonds. The third kappa shape index (κ3) is 17.4. The quantitative estimate of drug-likeness (QED) is 0.0944. The van der Waals surface area contributed by atoms with Gasteiger partial charge in [0.05, 0.1) is 38.1 Å². The molecule has 0 bridgehead atoms. The molecule has 4 aromatic carbocycles. The Morgan fingerprint density at radius 2 is 0.689 bits per heavy atom.